The first-order valence-electron chi connectivity index (χ1n) is 10.3. The molecule has 1 aliphatic heterocycles. The Morgan fingerprint density at radius 3 is 2.39 bits per heavy atom. The second-order valence-corrected chi connectivity index (χ2v) is 10.9. The van der Waals surface area contributed by atoms with Crippen LogP contribution in [-0.2, 0) is 19.3 Å². The van der Waals surface area contributed by atoms with Crippen LogP contribution in [0.25, 0.3) is 11.4 Å². The van der Waals surface area contributed by atoms with Crippen LogP contribution in [-0.4, -0.2) is 63.5 Å². The summed E-state index contributed by atoms with van der Waals surface area (Å²) in [6.07, 6.45) is 1.10. The van der Waals surface area contributed by atoms with Crippen molar-refractivity contribution in [2.75, 3.05) is 43.3 Å². The number of rotatable bonds is 5. The molecule has 2 amide bonds. The maximum absolute atomic E-state index is 14.7. The summed E-state index contributed by atoms with van der Waals surface area (Å²) in [6.45, 7) is 6.37. The predicted octanol–water partition coefficient (Wildman–Crippen LogP) is 2.68. The number of hydrogen-bond donors (Lipinski definition) is 2. The molecule has 0 unspecified atom stereocenters. The fourth-order valence-electron chi connectivity index (χ4n) is 3.27. The summed E-state index contributed by atoms with van der Waals surface area (Å²) in [5.74, 6) is -1.66. The molecule has 33 heavy (non-hydrogen) atoms. The summed E-state index contributed by atoms with van der Waals surface area (Å²) in [5.41, 5.74) is -0.425. The molecule has 1 atom stereocenters. The molecule has 1 fully saturated rings. The van der Waals surface area contributed by atoms with E-state index in [0.29, 0.717) is 25.6 Å². The highest BCUT2D eigenvalue weighted by Gasteiger charge is 2.36. The molecular formula is C21H27F2N5O4S. The Kier molecular flexibility index (Phi) is 6.89. The van der Waals surface area contributed by atoms with Gasteiger partial charge >= 0.3 is 6.03 Å². The van der Waals surface area contributed by atoms with Gasteiger partial charge in [-0.1, -0.05) is 0 Å². The Balaban J connectivity index is 2.18. The first kappa shape index (κ1) is 24.8. The molecular weight excluding hydrogens is 456 g/mol. The number of benzene rings is 1. The first-order chi connectivity index (χ1) is 15.3. The molecule has 2 aromatic rings. The largest absolute Gasteiger partial charge is 0.377 e. The number of anilines is 2. The second kappa shape index (κ2) is 9.18. The minimum atomic E-state index is -3.59. The van der Waals surface area contributed by atoms with Crippen LogP contribution in [0.2, 0.25) is 0 Å². The van der Waals surface area contributed by atoms with Gasteiger partial charge in [0.2, 0.25) is 0 Å². The number of halogens is 2. The molecule has 3 rings (SSSR count). The van der Waals surface area contributed by atoms with E-state index in [0.717, 1.165) is 18.4 Å². The molecule has 1 aromatic carbocycles. The zero-order valence-electron chi connectivity index (χ0n) is 19.1. The quantitative estimate of drug-likeness (QED) is 0.672. The van der Waals surface area contributed by atoms with Crippen molar-refractivity contribution in [1.29, 1.82) is 0 Å². The third kappa shape index (κ3) is 5.06. The molecule has 1 aliphatic rings. The lowest BCUT2D eigenvalue weighted by molar-refractivity contribution is 0.0985. The van der Waals surface area contributed by atoms with Crippen molar-refractivity contribution in [1.82, 2.24) is 15.3 Å². The average Bonchev–Trinajstić information content (AvgIpc) is 2.75. The Hall–Kier alpha value is -2.86. The van der Waals surface area contributed by atoms with E-state index >= 15 is 0 Å². The minimum absolute atomic E-state index is 0.000713. The van der Waals surface area contributed by atoms with E-state index in [9.17, 15) is 22.0 Å². The van der Waals surface area contributed by atoms with E-state index in [1.807, 2.05) is 11.8 Å². The fourth-order valence-corrected chi connectivity index (χ4v) is 3.76. The molecule has 12 heteroatoms. The smallest absolute Gasteiger partial charge is 0.319 e. The maximum Gasteiger partial charge on any atom is 0.319 e. The van der Waals surface area contributed by atoms with Crippen molar-refractivity contribution in [3.63, 3.8) is 0 Å². The van der Waals surface area contributed by atoms with Gasteiger partial charge in [0.1, 0.15) is 16.3 Å². The van der Waals surface area contributed by atoms with Gasteiger partial charge in [-0.05, 0) is 32.9 Å². The molecule has 180 valence electrons. The van der Waals surface area contributed by atoms with E-state index < -0.39 is 37.9 Å². The number of sulfone groups is 1. The number of amides is 2. The minimum Gasteiger partial charge on any atom is -0.377 e. The number of carbonyl (C=O) groups excluding carboxylic acids is 1. The molecule has 2 heterocycles. The van der Waals surface area contributed by atoms with Crippen molar-refractivity contribution in [2.24, 2.45) is 0 Å². The van der Waals surface area contributed by atoms with Crippen LogP contribution >= 0.6 is 0 Å². The molecule has 0 spiro atoms. The third-order valence-corrected chi connectivity index (χ3v) is 7.75. The molecule has 0 bridgehead atoms. The monoisotopic (exact) mass is 483 g/mol. The Labute approximate surface area is 191 Å². The van der Waals surface area contributed by atoms with Crippen LogP contribution in [0.15, 0.2) is 18.2 Å². The topological polar surface area (TPSA) is 114 Å². The second-order valence-electron chi connectivity index (χ2n) is 8.35. The predicted molar refractivity (Wildman–Crippen MR) is 121 cm³/mol. The van der Waals surface area contributed by atoms with Crippen molar-refractivity contribution < 1.29 is 26.7 Å². The molecule has 9 nitrogen and oxygen atoms in total. The van der Waals surface area contributed by atoms with E-state index in [-0.39, 0.29) is 23.1 Å². The van der Waals surface area contributed by atoms with Crippen LogP contribution in [0.4, 0.5) is 25.1 Å². The highest BCUT2D eigenvalue weighted by atomic mass is 32.2. The van der Waals surface area contributed by atoms with Crippen molar-refractivity contribution in [3.8, 4) is 11.4 Å². The van der Waals surface area contributed by atoms with Gasteiger partial charge in [0.15, 0.2) is 27.3 Å². The summed E-state index contributed by atoms with van der Waals surface area (Å²) in [6, 6.07) is 2.74. The van der Waals surface area contributed by atoms with Crippen molar-refractivity contribution in [3.05, 3.63) is 35.5 Å². The Morgan fingerprint density at radius 1 is 1.21 bits per heavy atom. The summed E-state index contributed by atoms with van der Waals surface area (Å²) in [4.78, 5) is 22.3. The van der Waals surface area contributed by atoms with Gasteiger partial charge in [-0.3, -0.25) is 0 Å². The number of ether oxygens (including phenoxy) is 1. The molecule has 1 aromatic heterocycles. The average molecular weight is 484 g/mol. The first-order valence-corrected chi connectivity index (χ1v) is 12.2. The zero-order valence-corrected chi connectivity index (χ0v) is 19.9. The number of urea groups is 1. The summed E-state index contributed by atoms with van der Waals surface area (Å²) in [7, 11) is -2.27. The van der Waals surface area contributed by atoms with Crippen LogP contribution in [0.3, 0.4) is 0 Å². The van der Waals surface area contributed by atoms with Crippen molar-refractivity contribution >= 4 is 27.4 Å². The van der Waals surface area contributed by atoms with Crippen LogP contribution in [0, 0.1) is 11.6 Å². The van der Waals surface area contributed by atoms with Gasteiger partial charge in [-0.15, -0.1) is 0 Å². The number of nitrogens with zero attached hydrogens (tertiary/aromatic N) is 3. The summed E-state index contributed by atoms with van der Waals surface area (Å²) >= 11 is 0. The molecule has 0 saturated carbocycles. The van der Waals surface area contributed by atoms with E-state index in [1.165, 1.54) is 20.9 Å². The lowest BCUT2D eigenvalue weighted by atomic mass is 10.1. The standard InChI is InChI=1S/C21H27F2N5O4S/c1-12-11-32-7-6-28(12)17-10-16(21(2,3)33(5,30)31)25-19(26-17)13-8-14(22)18(15(23)9-13)27-20(29)24-4/h8-10,12H,6-7,11H2,1-5H3,(H2,24,27,29)/t12-/m0/s1. The molecule has 1 saturated heterocycles. The molecule has 0 radical (unpaired) electrons. The fraction of sp³-hybridized carbons (Fsp3) is 0.476. The van der Waals surface area contributed by atoms with E-state index in [2.05, 4.69) is 20.6 Å². The Bertz CT molecular complexity index is 1150. The van der Waals surface area contributed by atoms with Gasteiger partial charge in [0.25, 0.3) is 0 Å². The van der Waals surface area contributed by atoms with E-state index in [4.69, 9.17) is 4.74 Å². The molecule has 2 N–H and O–H groups in total. The highest BCUT2D eigenvalue weighted by Crippen LogP contribution is 2.33. The maximum atomic E-state index is 14.7. The van der Waals surface area contributed by atoms with Gasteiger partial charge in [0, 0.05) is 31.5 Å². The zero-order chi connectivity index (χ0) is 24.6. The van der Waals surface area contributed by atoms with Crippen LogP contribution in [0.5, 0.6) is 0 Å². The lowest BCUT2D eigenvalue weighted by Gasteiger charge is -2.35. The van der Waals surface area contributed by atoms with Crippen LogP contribution in [0.1, 0.15) is 26.5 Å². The molecule has 0 aliphatic carbocycles. The number of nitrogens with one attached hydrogen (secondary N) is 2. The Morgan fingerprint density at radius 2 is 1.85 bits per heavy atom. The summed E-state index contributed by atoms with van der Waals surface area (Å²) in [5, 5.41) is 4.31. The third-order valence-electron chi connectivity index (χ3n) is 5.68. The van der Waals surface area contributed by atoms with Gasteiger partial charge in [-0.2, -0.15) is 0 Å². The summed E-state index contributed by atoms with van der Waals surface area (Å²) < 4.78 is 58.4. The highest BCUT2D eigenvalue weighted by molar-refractivity contribution is 7.91. The lowest BCUT2D eigenvalue weighted by Crippen LogP contribution is -2.44. The van der Waals surface area contributed by atoms with Gasteiger partial charge in [0.05, 0.1) is 24.9 Å². The number of carbonyl (C=O) groups is 1. The number of hydrogen-bond acceptors (Lipinski definition) is 7. The van der Waals surface area contributed by atoms with Gasteiger partial charge in [-0.25, -0.2) is 32.0 Å². The van der Waals surface area contributed by atoms with Crippen LogP contribution < -0.4 is 15.5 Å². The van der Waals surface area contributed by atoms with E-state index in [1.54, 1.807) is 6.07 Å². The SMILES string of the molecule is CNC(=O)Nc1c(F)cc(-c2nc(N3CCOC[C@@H]3C)cc(C(C)(C)S(C)(=O)=O)n2)cc1F. The van der Waals surface area contributed by atoms with Gasteiger partial charge < -0.3 is 20.3 Å². The van der Waals surface area contributed by atoms with Crippen molar-refractivity contribution in [2.45, 2.75) is 31.6 Å². The normalized spacial score (nSPS) is 17.1. The number of morpholine rings is 1. The number of aromatic nitrogens is 2.